The molecular formula is C19H23N7O. The normalized spacial score (nSPS) is 14.2. The maximum absolute atomic E-state index is 11.9. The minimum absolute atomic E-state index is 0.237. The molecule has 0 spiro atoms. The Kier molecular flexibility index (Phi) is 4.62. The number of nitrogens with zero attached hydrogens (tertiary/aromatic N) is 6. The van der Waals surface area contributed by atoms with Crippen molar-refractivity contribution in [3.8, 4) is 11.1 Å². The van der Waals surface area contributed by atoms with Gasteiger partial charge in [0.1, 0.15) is 5.82 Å². The second kappa shape index (κ2) is 7.22. The zero-order chi connectivity index (χ0) is 18.8. The lowest BCUT2D eigenvalue weighted by Gasteiger charge is -2.39. The van der Waals surface area contributed by atoms with E-state index in [9.17, 15) is 4.79 Å². The van der Waals surface area contributed by atoms with Crippen molar-refractivity contribution in [2.45, 2.75) is 25.8 Å². The first-order valence-corrected chi connectivity index (χ1v) is 9.16. The summed E-state index contributed by atoms with van der Waals surface area (Å²) in [7, 11) is 1.88. The summed E-state index contributed by atoms with van der Waals surface area (Å²) >= 11 is 0. The van der Waals surface area contributed by atoms with Crippen molar-refractivity contribution < 1.29 is 4.79 Å². The van der Waals surface area contributed by atoms with E-state index < -0.39 is 0 Å². The number of hydrogen-bond acceptors (Lipinski definition) is 5. The topological polar surface area (TPSA) is 80.9 Å². The molecule has 0 unspecified atom stereocenters. The molecule has 1 N–H and O–H groups in total. The van der Waals surface area contributed by atoms with Crippen molar-refractivity contribution in [3.05, 3.63) is 43.1 Å². The first-order valence-electron chi connectivity index (χ1n) is 9.16. The van der Waals surface area contributed by atoms with Crippen LogP contribution < -0.4 is 5.32 Å². The molecule has 1 saturated heterocycles. The van der Waals surface area contributed by atoms with Gasteiger partial charge in [0.2, 0.25) is 5.91 Å². The predicted octanol–water partition coefficient (Wildman–Crippen LogP) is 2.61. The molecule has 1 aliphatic rings. The first kappa shape index (κ1) is 17.3. The van der Waals surface area contributed by atoms with Gasteiger partial charge >= 0.3 is 0 Å². The fraction of sp³-hybridized carbons (Fsp3) is 0.368. The highest BCUT2D eigenvalue weighted by molar-refractivity contribution is 5.77. The van der Waals surface area contributed by atoms with E-state index in [0.29, 0.717) is 6.42 Å². The van der Waals surface area contributed by atoms with Crippen molar-refractivity contribution >= 4 is 17.4 Å². The molecule has 0 radical (unpaired) electrons. The Morgan fingerprint density at radius 2 is 2.07 bits per heavy atom. The quantitative estimate of drug-likeness (QED) is 0.726. The maximum Gasteiger partial charge on any atom is 0.222 e. The van der Waals surface area contributed by atoms with Gasteiger partial charge in [-0.2, -0.15) is 10.2 Å². The lowest BCUT2D eigenvalue weighted by atomic mass is 10.1. The van der Waals surface area contributed by atoms with Crippen LogP contribution in [0.15, 0.2) is 43.1 Å². The Bertz CT molecular complexity index is 939. The number of carbonyl (C=O) groups excluding carboxylic acids is 1. The molecule has 4 rings (SSSR count). The summed E-state index contributed by atoms with van der Waals surface area (Å²) in [5.41, 5.74) is 2.97. The highest BCUT2D eigenvalue weighted by Crippen LogP contribution is 2.26. The van der Waals surface area contributed by atoms with E-state index >= 15 is 0 Å². The van der Waals surface area contributed by atoms with Crippen molar-refractivity contribution in [3.63, 3.8) is 0 Å². The molecule has 3 aromatic rings. The zero-order valence-electron chi connectivity index (χ0n) is 15.5. The Hall–Kier alpha value is -3.16. The number of amides is 1. The Morgan fingerprint density at radius 3 is 2.81 bits per heavy atom. The van der Waals surface area contributed by atoms with Crippen molar-refractivity contribution in [1.29, 1.82) is 0 Å². The molecule has 8 heteroatoms. The van der Waals surface area contributed by atoms with Gasteiger partial charge < -0.3 is 10.2 Å². The molecule has 0 bridgehead atoms. The summed E-state index contributed by atoms with van der Waals surface area (Å²) in [6.45, 7) is 3.51. The molecule has 0 aliphatic carbocycles. The molecule has 0 saturated carbocycles. The van der Waals surface area contributed by atoms with Crippen molar-refractivity contribution in [2.75, 3.05) is 18.4 Å². The van der Waals surface area contributed by atoms with Gasteiger partial charge in [-0.3, -0.25) is 14.2 Å². The van der Waals surface area contributed by atoms with Crippen LogP contribution in [0.5, 0.6) is 0 Å². The van der Waals surface area contributed by atoms with Crippen molar-refractivity contribution in [1.82, 2.24) is 29.4 Å². The minimum Gasteiger partial charge on any atom is -0.338 e. The highest BCUT2D eigenvalue weighted by atomic mass is 16.2. The van der Waals surface area contributed by atoms with Crippen LogP contribution >= 0.6 is 0 Å². The molecule has 0 aromatic carbocycles. The number of pyridine rings is 1. The van der Waals surface area contributed by atoms with Gasteiger partial charge in [-0.15, -0.1) is 0 Å². The molecule has 8 nitrogen and oxygen atoms in total. The van der Waals surface area contributed by atoms with Crippen LogP contribution in [0.3, 0.4) is 0 Å². The second-order valence-electron chi connectivity index (χ2n) is 6.87. The smallest absolute Gasteiger partial charge is 0.222 e. The van der Waals surface area contributed by atoms with Crippen molar-refractivity contribution in [2.24, 2.45) is 7.05 Å². The molecule has 1 aliphatic heterocycles. The number of aromatic nitrogens is 5. The SMILES string of the molecule is CCCC(=O)N1CC(n2cc(-c3ccnc(Nc4cnn(C)c4)c3)cn2)C1. The largest absolute Gasteiger partial charge is 0.338 e. The Morgan fingerprint density at radius 1 is 1.22 bits per heavy atom. The summed E-state index contributed by atoms with van der Waals surface area (Å²) in [5, 5.41) is 11.9. The third-order valence-corrected chi connectivity index (χ3v) is 4.73. The Balaban J connectivity index is 1.43. The third-order valence-electron chi connectivity index (χ3n) is 4.73. The number of nitrogens with one attached hydrogen (secondary N) is 1. The number of rotatable bonds is 6. The molecule has 140 valence electrons. The summed E-state index contributed by atoms with van der Waals surface area (Å²) in [5.74, 6) is 0.995. The number of likely N-dealkylation sites (tertiary alicyclic amines) is 1. The van der Waals surface area contributed by atoms with Crippen LogP contribution in [-0.4, -0.2) is 48.4 Å². The standard InChI is InChI=1S/C19H23N7O/c1-3-4-19(27)25-12-17(13-25)26-10-15(8-22-26)14-5-6-20-18(7-14)23-16-9-21-24(2)11-16/h5-11,17H,3-4,12-13H2,1-2H3,(H,20,23). The number of carbonyl (C=O) groups is 1. The number of hydrogen-bond donors (Lipinski definition) is 1. The van der Waals surface area contributed by atoms with Gasteiger partial charge in [-0.1, -0.05) is 6.92 Å². The van der Waals surface area contributed by atoms with E-state index in [1.54, 1.807) is 17.1 Å². The van der Waals surface area contributed by atoms with Crippen LogP contribution in [-0.2, 0) is 11.8 Å². The summed E-state index contributed by atoms with van der Waals surface area (Å²) in [6.07, 6.45) is 10.8. The molecule has 1 fully saturated rings. The molecule has 0 atom stereocenters. The molecule has 3 aromatic heterocycles. The second-order valence-corrected chi connectivity index (χ2v) is 6.87. The van der Waals surface area contributed by atoms with E-state index in [1.807, 2.05) is 54.3 Å². The predicted molar refractivity (Wildman–Crippen MR) is 102 cm³/mol. The van der Waals surface area contributed by atoms with Crippen LogP contribution in [0, 0.1) is 0 Å². The van der Waals surface area contributed by atoms with Gasteiger partial charge in [0.15, 0.2) is 0 Å². The van der Waals surface area contributed by atoms with E-state index in [0.717, 1.165) is 42.1 Å². The zero-order valence-corrected chi connectivity index (χ0v) is 15.5. The Labute approximate surface area is 157 Å². The van der Waals surface area contributed by atoms with Gasteiger partial charge in [0, 0.05) is 50.7 Å². The molecule has 4 heterocycles. The number of aryl methyl sites for hydroxylation is 1. The average Bonchev–Trinajstić information content (AvgIpc) is 3.24. The van der Waals surface area contributed by atoms with Crippen LogP contribution in [0.2, 0.25) is 0 Å². The first-order chi connectivity index (χ1) is 13.1. The van der Waals surface area contributed by atoms with Gasteiger partial charge in [-0.05, 0) is 24.1 Å². The molecule has 1 amide bonds. The third kappa shape index (κ3) is 3.69. The number of anilines is 2. The lowest BCUT2D eigenvalue weighted by Crippen LogP contribution is -2.50. The summed E-state index contributed by atoms with van der Waals surface area (Å²) in [6, 6.07) is 4.22. The van der Waals surface area contributed by atoms with E-state index in [-0.39, 0.29) is 11.9 Å². The monoisotopic (exact) mass is 365 g/mol. The summed E-state index contributed by atoms with van der Waals surface area (Å²) < 4.78 is 3.70. The van der Waals surface area contributed by atoms with Crippen LogP contribution in [0.25, 0.3) is 11.1 Å². The van der Waals surface area contributed by atoms with Crippen LogP contribution in [0.4, 0.5) is 11.5 Å². The van der Waals surface area contributed by atoms with Gasteiger partial charge in [0.05, 0.1) is 24.1 Å². The lowest BCUT2D eigenvalue weighted by molar-refractivity contribution is -0.137. The van der Waals surface area contributed by atoms with E-state index in [4.69, 9.17) is 0 Å². The van der Waals surface area contributed by atoms with E-state index in [2.05, 4.69) is 20.5 Å². The average molecular weight is 365 g/mol. The molecule has 27 heavy (non-hydrogen) atoms. The highest BCUT2D eigenvalue weighted by Gasteiger charge is 2.31. The van der Waals surface area contributed by atoms with E-state index in [1.165, 1.54) is 0 Å². The molecular weight excluding hydrogens is 342 g/mol. The summed E-state index contributed by atoms with van der Waals surface area (Å²) in [4.78, 5) is 18.2. The van der Waals surface area contributed by atoms with Crippen LogP contribution in [0.1, 0.15) is 25.8 Å². The van der Waals surface area contributed by atoms with Gasteiger partial charge in [0.25, 0.3) is 0 Å². The minimum atomic E-state index is 0.237. The fourth-order valence-corrected chi connectivity index (χ4v) is 3.20. The van der Waals surface area contributed by atoms with Gasteiger partial charge in [-0.25, -0.2) is 4.98 Å². The fourth-order valence-electron chi connectivity index (χ4n) is 3.20. The maximum atomic E-state index is 11.9.